The number of hydrogen-bond donors (Lipinski definition) is 1. The molecule has 1 aliphatic rings. The molecule has 1 aliphatic heterocycles. The van der Waals surface area contributed by atoms with Gasteiger partial charge in [-0.2, -0.15) is 5.10 Å². The highest BCUT2D eigenvalue weighted by molar-refractivity contribution is 6.00. The van der Waals surface area contributed by atoms with Gasteiger partial charge in [0, 0.05) is 31.4 Å². The molecule has 0 bridgehead atoms. The summed E-state index contributed by atoms with van der Waals surface area (Å²) in [5.41, 5.74) is 3.91. The van der Waals surface area contributed by atoms with E-state index in [4.69, 9.17) is 0 Å². The molecule has 1 N–H and O–H groups in total. The van der Waals surface area contributed by atoms with Crippen molar-refractivity contribution in [3.05, 3.63) is 71.7 Å². The van der Waals surface area contributed by atoms with Crippen LogP contribution in [0.1, 0.15) is 22.3 Å². The topological polar surface area (TPSA) is 50.2 Å². The van der Waals surface area contributed by atoms with Gasteiger partial charge in [0.25, 0.3) is 5.91 Å². The molecule has 1 aromatic heterocycles. The first-order chi connectivity index (χ1) is 13.5. The lowest BCUT2D eigenvalue weighted by Crippen LogP contribution is -2.38. The zero-order valence-electron chi connectivity index (χ0n) is 16.0. The van der Waals surface area contributed by atoms with Gasteiger partial charge in [-0.15, -0.1) is 0 Å². The van der Waals surface area contributed by atoms with Gasteiger partial charge in [0.15, 0.2) is 0 Å². The molecule has 1 amide bonds. The normalized spacial score (nSPS) is 16.3. The van der Waals surface area contributed by atoms with Crippen LogP contribution >= 0.6 is 0 Å². The highest BCUT2D eigenvalue weighted by Gasteiger charge is 2.27. The number of benzene rings is 2. The van der Waals surface area contributed by atoms with Crippen molar-refractivity contribution in [2.45, 2.75) is 19.4 Å². The summed E-state index contributed by atoms with van der Waals surface area (Å²) in [6.07, 6.45) is 2.68. The van der Waals surface area contributed by atoms with E-state index in [9.17, 15) is 9.18 Å². The molecular weight excluding hydrogens is 355 g/mol. The summed E-state index contributed by atoms with van der Waals surface area (Å²) in [6.45, 7) is 3.74. The molecule has 2 heterocycles. The standard InChI is InChI=1S/C22H23FN4O/c1-15-3-5-16(6-4-15)21-20(22(28)26(2)19-11-12-24-13-19)14-27(25-21)18-9-7-17(23)8-10-18/h3-10,14,19,24H,11-13H2,1-2H3. The second-order valence-electron chi connectivity index (χ2n) is 7.24. The average Bonchev–Trinajstić information content (AvgIpc) is 3.38. The maximum atomic E-state index is 13.3. The van der Waals surface area contributed by atoms with E-state index < -0.39 is 0 Å². The summed E-state index contributed by atoms with van der Waals surface area (Å²) < 4.78 is 14.9. The highest BCUT2D eigenvalue weighted by Crippen LogP contribution is 2.26. The molecule has 4 rings (SSSR count). The van der Waals surface area contributed by atoms with Gasteiger partial charge in [0.1, 0.15) is 11.5 Å². The third kappa shape index (κ3) is 3.55. The first-order valence-electron chi connectivity index (χ1n) is 9.43. The van der Waals surface area contributed by atoms with Crippen LogP contribution in [0.15, 0.2) is 54.7 Å². The third-order valence-electron chi connectivity index (χ3n) is 5.26. The quantitative estimate of drug-likeness (QED) is 0.757. The Morgan fingerprint density at radius 3 is 2.54 bits per heavy atom. The minimum Gasteiger partial charge on any atom is -0.337 e. The van der Waals surface area contributed by atoms with Crippen LogP contribution in [-0.2, 0) is 0 Å². The molecule has 6 heteroatoms. The summed E-state index contributed by atoms with van der Waals surface area (Å²) in [4.78, 5) is 15.1. The van der Waals surface area contributed by atoms with Gasteiger partial charge in [-0.25, -0.2) is 9.07 Å². The number of aromatic nitrogens is 2. The van der Waals surface area contributed by atoms with Crippen LogP contribution < -0.4 is 5.32 Å². The number of nitrogens with one attached hydrogen (secondary N) is 1. The number of aryl methyl sites for hydroxylation is 1. The molecular formula is C22H23FN4O. The van der Waals surface area contributed by atoms with Crippen LogP contribution in [0.3, 0.4) is 0 Å². The second-order valence-corrected chi connectivity index (χ2v) is 7.24. The fraction of sp³-hybridized carbons (Fsp3) is 0.273. The van der Waals surface area contributed by atoms with Crippen molar-refractivity contribution in [1.29, 1.82) is 0 Å². The number of amides is 1. The van der Waals surface area contributed by atoms with Crippen molar-refractivity contribution >= 4 is 5.91 Å². The molecule has 144 valence electrons. The van der Waals surface area contributed by atoms with Crippen molar-refractivity contribution in [2.24, 2.45) is 0 Å². The summed E-state index contributed by atoms with van der Waals surface area (Å²) in [6, 6.07) is 14.2. The number of nitrogens with zero attached hydrogens (tertiary/aromatic N) is 3. The van der Waals surface area contributed by atoms with Crippen molar-refractivity contribution in [1.82, 2.24) is 20.0 Å². The first-order valence-corrected chi connectivity index (χ1v) is 9.43. The SMILES string of the molecule is Cc1ccc(-c2nn(-c3ccc(F)cc3)cc2C(=O)N(C)C2CCNC2)cc1. The van der Waals surface area contributed by atoms with Crippen LogP contribution in [-0.4, -0.2) is 46.8 Å². The molecule has 0 spiro atoms. The molecule has 0 aliphatic carbocycles. The molecule has 0 saturated carbocycles. The van der Waals surface area contributed by atoms with Crippen molar-refractivity contribution < 1.29 is 9.18 Å². The fourth-order valence-corrected chi connectivity index (χ4v) is 3.51. The predicted octanol–water partition coefficient (Wildman–Crippen LogP) is 3.42. The van der Waals surface area contributed by atoms with Crippen molar-refractivity contribution in [3.63, 3.8) is 0 Å². The monoisotopic (exact) mass is 378 g/mol. The third-order valence-corrected chi connectivity index (χ3v) is 5.26. The molecule has 5 nitrogen and oxygen atoms in total. The van der Waals surface area contributed by atoms with Crippen molar-refractivity contribution in [2.75, 3.05) is 20.1 Å². The minimum absolute atomic E-state index is 0.0577. The number of halogens is 1. The fourth-order valence-electron chi connectivity index (χ4n) is 3.51. The zero-order valence-corrected chi connectivity index (χ0v) is 16.0. The first kappa shape index (κ1) is 18.4. The molecule has 2 aromatic carbocycles. The lowest BCUT2D eigenvalue weighted by atomic mass is 10.1. The molecule has 1 atom stereocenters. The molecule has 1 unspecified atom stereocenters. The van der Waals surface area contributed by atoms with Gasteiger partial charge >= 0.3 is 0 Å². The Labute approximate surface area is 163 Å². The van der Waals surface area contributed by atoms with Gasteiger partial charge in [-0.05, 0) is 44.2 Å². The number of rotatable bonds is 4. The van der Waals surface area contributed by atoms with E-state index >= 15 is 0 Å². The Kier molecular flexibility index (Phi) is 4.96. The van der Waals surface area contributed by atoms with Gasteiger partial charge in [-0.1, -0.05) is 29.8 Å². The van der Waals surface area contributed by atoms with E-state index in [0.29, 0.717) is 16.9 Å². The number of likely N-dealkylation sites (N-methyl/N-ethyl adjacent to an activating group) is 1. The highest BCUT2D eigenvalue weighted by atomic mass is 19.1. The molecule has 1 fully saturated rings. The van der Waals surface area contributed by atoms with E-state index in [1.54, 1.807) is 27.9 Å². The lowest BCUT2D eigenvalue weighted by Gasteiger charge is -2.23. The molecule has 0 radical (unpaired) electrons. The van der Waals surface area contributed by atoms with E-state index in [0.717, 1.165) is 30.6 Å². The maximum Gasteiger partial charge on any atom is 0.257 e. The summed E-state index contributed by atoms with van der Waals surface area (Å²) >= 11 is 0. The molecule has 28 heavy (non-hydrogen) atoms. The number of carbonyl (C=O) groups excluding carboxylic acids is 1. The Morgan fingerprint density at radius 2 is 1.89 bits per heavy atom. The Balaban J connectivity index is 1.77. The van der Waals surface area contributed by atoms with Crippen LogP contribution in [0.2, 0.25) is 0 Å². The maximum absolute atomic E-state index is 13.3. The van der Waals surface area contributed by atoms with E-state index in [1.165, 1.54) is 12.1 Å². The van der Waals surface area contributed by atoms with Gasteiger partial charge < -0.3 is 10.2 Å². The smallest absolute Gasteiger partial charge is 0.257 e. The van der Waals surface area contributed by atoms with Crippen molar-refractivity contribution in [3.8, 4) is 16.9 Å². The van der Waals surface area contributed by atoms with Gasteiger partial charge in [-0.3, -0.25) is 4.79 Å². The minimum atomic E-state index is -0.306. The number of hydrogen-bond acceptors (Lipinski definition) is 3. The van der Waals surface area contributed by atoms with E-state index in [-0.39, 0.29) is 17.8 Å². The Morgan fingerprint density at radius 1 is 1.18 bits per heavy atom. The van der Waals surface area contributed by atoms with E-state index in [1.807, 2.05) is 38.2 Å². The summed E-state index contributed by atoms with van der Waals surface area (Å²) in [7, 11) is 1.84. The average molecular weight is 378 g/mol. The Hall–Kier alpha value is -2.99. The van der Waals surface area contributed by atoms with Crippen LogP contribution in [0, 0.1) is 12.7 Å². The van der Waals surface area contributed by atoms with E-state index in [2.05, 4.69) is 10.4 Å². The molecule has 3 aromatic rings. The zero-order chi connectivity index (χ0) is 19.7. The van der Waals surface area contributed by atoms with Crippen LogP contribution in [0.25, 0.3) is 16.9 Å². The summed E-state index contributed by atoms with van der Waals surface area (Å²) in [5.74, 6) is -0.364. The van der Waals surface area contributed by atoms with Gasteiger partial charge in [0.2, 0.25) is 0 Å². The van der Waals surface area contributed by atoms with Gasteiger partial charge in [0.05, 0.1) is 11.3 Å². The lowest BCUT2D eigenvalue weighted by molar-refractivity contribution is 0.0744. The van der Waals surface area contributed by atoms with Crippen LogP contribution in [0.4, 0.5) is 4.39 Å². The summed E-state index contributed by atoms with van der Waals surface area (Å²) in [5, 5.41) is 7.97. The predicted molar refractivity (Wildman–Crippen MR) is 107 cm³/mol. The van der Waals surface area contributed by atoms with Crippen LogP contribution in [0.5, 0.6) is 0 Å². The second kappa shape index (κ2) is 7.56. The largest absolute Gasteiger partial charge is 0.337 e. The Bertz CT molecular complexity index is 973. The number of carbonyl (C=O) groups is 1. The molecule has 1 saturated heterocycles.